The molecular formula is C13H13ClN2O2. The van der Waals surface area contributed by atoms with Gasteiger partial charge in [0.15, 0.2) is 6.10 Å². The first-order valence-corrected chi connectivity index (χ1v) is 6.14. The molecule has 1 unspecified atom stereocenters. The number of hydrogen-bond donors (Lipinski definition) is 1. The molecule has 0 aliphatic heterocycles. The number of halogens is 1. The van der Waals surface area contributed by atoms with Crippen molar-refractivity contribution in [2.24, 2.45) is 0 Å². The predicted octanol–water partition coefficient (Wildman–Crippen LogP) is 2.26. The average molecular weight is 265 g/mol. The number of nitrogens with one attached hydrogen (secondary N) is 1. The van der Waals surface area contributed by atoms with E-state index in [0.29, 0.717) is 22.4 Å². The zero-order chi connectivity index (χ0) is 13.1. The number of rotatable bonds is 4. The van der Waals surface area contributed by atoms with Gasteiger partial charge in [-0.1, -0.05) is 11.6 Å². The molecule has 4 nitrogen and oxygen atoms in total. The van der Waals surface area contributed by atoms with E-state index in [9.17, 15) is 4.79 Å². The lowest BCUT2D eigenvalue weighted by Gasteiger charge is -2.15. The fourth-order valence-corrected chi connectivity index (χ4v) is 1.68. The van der Waals surface area contributed by atoms with E-state index in [1.165, 1.54) is 6.07 Å². The number of benzene rings is 1. The molecular weight excluding hydrogens is 252 g/mol. The monoisotopic (exact) mass is 264 g/mol. The van der Waals surface area contributed by atoms with Gasteiger partial charge in [0.25, 0.3) is 5.91 Å². The second-order valence-corrected chi connectivity index (χ2v) is 4.71. The van der Waals surface area contributed by atoms with Crippen LogP contribution in [0.15, 0.2) is 18.2 Å². The molecule has 5 heteroatoms. The van der Waals surface area contributed by atoms with Gasteiger partial charge in [0.1, 0.15) is 5.75 Å². The third-order valence-corrected chi connectivity index (χ3v) is 2.95. The van der Waals surface area contributed by atoms with Crippen molar-refractivity contribution in [3.63, 3.8) is 0 Å². The number of nitriles is 1. The molecule has 0 aromatic heterocycles. The maximum absolute atomic E-state index is 11.7. The molecule has 1 aromatic rings. The van der Waals surface area contributed by atoms with Crippen LogP contribution in [0.3, 0.4) is 0 Å². The van der Waals surface area contributed by atoms with Crippen molar-refractivity contribution in [3.8, 4) is 11.8 Å². The molecule has 1 amide bonds. The van der Waals surface area contributed by atoms with Crippen LogP contribution in [0.2, 0.25) is 5.02 Å². The van der Waals surface area contributed by atoms with Gasteiger partial charge in [0.05, 0.1) is 16.7 Å². The van der Waals surface area contributed by atoms with Crippen molar-refractivity contribution >= 4 is 17.5 Å². The van der Waals surface area contributed by atoms with Gasteiger partial charge < -0.3 is 10.1 Å². The topological polar surface area (TPSA) is 62.1 Å². The smallest absolute Gasteiger partial charge is 0.260 e. The number of ether oxygens (including phenoxy) is 1. The zero-order valence-corrected chi connectivity index (χ0v) is 10.7. The van der Waals surface area contributed by atoms with E-state index in [2.05, 4.69) is 5.32 Å². The molecule has 1 atom stereocenters. The summed E-state index contributed by atoms with van der Waals surface area (Å²) >= 11 is 5.97. The molecule has 1 aliphatic carbocycles. The highest BCUT2D eigenvalue weighted by Crippen LogP contribution is 2.26. The quantitative estimate of drug-likeness (QED) is 0.907. The van der Waals surface area contributed by atoms with Crippen molar-refractivity contribution in [1.82, 2.24) is 5.32 Å². The molecule has 0 radical (unpaired) electrons. The third-order valence-electron chi connectivity index (χ3n) is 2.66. The lowest BCUT2D eigenvalue weighted by Crippen LogP contribution is -2.37. The van der Waals surface area contributed by atoms with E-state index in [1.807, 2.05) is 6.07 Å². The lowest BCUT2D eigenvalue weighted by atomic mass is 10.2. The Labute approximate surface area is 111 Å². The summed E-state index contributed by atoms with van der Waals surface area (Å²) in [6.07, 6.45) is 1.47. The van der Waals surface area contributed by atoms with Crippen molar-refractivity contribution in [1.29, 1.82) is 5.26 Å². The molecule has 1 fully saturated rings. The van der Waals surface area contributed by atoms with Gasteiger partial charge in [0.2, 0.25) is 0 Å². The van der Waals surface area contributed by atoms with Crippen LogP contribution in [-0.4, -0.2) is 18.1 Å². The van der Waals surface area contributed by atoms with E-state index < -0.39 is 6.10 Å². The molecule has 1 aromatic carbocycles. The summed E-state index contributed by atoms with van der Waals surface area (Å²) in [5.74, 6) is 0.270. The number of carbonyl (C=O) groups is 1. The zero-order valence-electron chi connectivity index (χ0n) is 9.94. The highest BCUT2D eigenvalue weighted by molar-refractivity contribution is 6.32. The predicted molar refractivity (Wildman–Crippen MR) is 67.4 cm³/mol. The van der Waals surface area contributed by atoms with Crippen LogP contribution in [0.1, 0.15) is 25.3 Å². The Hall–Kier alpha value is -1.73. The largest absolute Gasteiger partial charge is 0.479 e. The number of amides is 1. The molecule has 1 aliphatic rings. The molecule has 18 heavy (non-hydrogen) atoms. The normalized spacial score (nSPS) is 15.6. The minimum Gasteiger partial charge on any atom is -0.479 e. The van der Waals surface area contributed by atoms with Crippen LogP contribution in [0.25, 0.3) is 0 Å². The first-order chi connectivity index (χ1) is 8.60. The van der Waals surface area contributed by atoms with Gasteiger partial charge in [-0.3, -0.25) is 4.79 Å². The summed E-state index contributed by atoms with van der Waals surface area (Å²) in [6, 6.07) is 7.01. The van der Waals surface area contributed by atoms with Gasteiger partial charge in [-0.15, -0.1) is 0 Å². The molecule has 2 rings (SSSR count). The molecule has 1 saturated carbocycles. The Balaban J connectivity index is 1.99. The summed E-state index contributed by atoms with van der Waals surface area (Å²) in [7, 11) is 0. The van der Waals surface area contributed by atoms with Crippen molar-refractivity contribution in [2.45, 2.75) is 31.9 Å². The first kappa shape index (κ1) is 12.7. The Morgan fingerprint density at radius 1 is 1.61 bits per heavy atom. The molecule has 0 heterocycles. The number of carbonyl (C=O) groups excluding carboxylic acids is 1. The maximum atomic E-state index is 11.7. The van der Waals surface area contributed by atoms with Crippen LogP contribution in [-0.2, 0) is 4.79 Å². The SMILES string of the molecule is CC(Oc1ccc(C#N)cc1Cl)C(=O)NC1CC1. The third kappa shape index (κ3) is 3.14. The summed E-state index contributed by atoms with van der Waals surface area (Å²) in [6.45, 7) is 1.67. The molecule has 94 valence electrons. The molecule has 0 saturated heterocycles. The Kier molecular flexibility index (Phi) is 3.73. The highest BCUT2D eigenvalue weighted by Gasteiger charge is 2.26. The minimum absolute atomic E-state index is 0.141. The number of nitrogens with zero attached hydrogens (tertiary/aromatic N) is 1. The maximum Gasteiger partial charge on any atom is 0.260 e. The van der Waals surface area contributed by atoms with Gasteiger partial charge in [-0.2, -0.15) is 5.26 Å². The lowest BCUT2D eigenvalue weighted by molar-refractivity contribution is -0.127. The van der Waals surface area contributed by atoms with E-state index >= 15 is 0 Å². The van der Waals surface area contributed by atoms with Crippen LogP contribution in [0.5, 0.6) is 5.75 Å². The van der Waals surface area contributed by atoms with Gasteiger partial charge >= 0.3 is 0 Å². The van der Waals surface area contributed by atoms with E-state index in [0.717, 1.165) is 12.8 Å². The second kappa shape index (κ2) is 5.28. The first-order valence-electron chi connectivity index (χ1n) is 5.77. The van der Waals surface area contributed by atoms with Crippen molar-refractivity contribution in [3.05, 3.63) is 28.8 Å². The van der Waals surface area contributed by atoms with Gasteiger partial charge in [-0.25, -0.2) is 0 Å². The van der Waals surface area contributed by atoms with Crippen LogP contribution in [0.4, 0.5) is 0 Å². The highest BCUT2D eigenvalue weighted by atomic mass is 35.5. The standard InChI is InChI=1S/C13H13ClN2O2/c1-8(13(17)16-10-3-4-10)18-12-5-2-9(7-15)6-11(12)14/h2,5-6,8,10H,3-4H2,1H3,(H,16,17). The van der Waals surface area contributed by atoms with Crippen LogP contribution < -0.4 is 10.1 Å². The fraction of sp³-hybridized carbons (Fsp3) is 0.385. The molecule has 0 bridgehead atoms. The van der Waals surface area contributed by atoms with Gasteiger partial charge in [0, 0.05) is 6.04 Å². The summed E-state index contributed by atoms with van der Waals surface area (Å²) in [5, 5.41) is 11.9. The van der Waals surface area contributed by atoms with E-state index in [4.69, 9.17) is 21.6 Å². The Morgan fingerprint density at radius 2 is 2.33 bits per heavy atom. The summed E-state index contributed by atoms with van der Waals surface area (Å²) in [4.78, 5) is 11.7. The second-order valence-electron chi connectivity index (χ2n) is 4.30. The minimum atomic E-state index is -0.601. The molecule has 1 N–H and O–H groups in total. The Bertz CT molecular complexity index is 506. The summed E-state index contributed by atoms with van der Waals surface area (Å²) < 4.78 is 5.48. The molecule has 0 spiro atoms. The van der Waals surface area contributed by atoms with Crippen molar-refractivity contribution in [2.75, 3.05) is 0 Å². The van der Waals surface area contributed by atoms with E-state index in [-0.39, 0.29) is 5.91 Å². The van der Waals surface area contributed by atoms with Crippen LogP contribution in [0, 0.1) is 11.3 Å². The van der Waals surface area contributed by atoms with Crippen molar-refractivity contribution < 1.29 is 9.53 Å². The summed E-state index contributed by atoms with van der Waals surface area (Å²) in [5.41, 5.74) is 0.461. The number of hydrogen-bond acceptors (Lipinski definition) is 3. The van der Waals surface area contributed by atoms with Crippen LogP contribution >= 0.6 is 11.6 Å². The fourth-order valence-electron chi connectivity index (χ4n) is 1.46. The Morgan fingerprint density at radius 3 is 2.89 bits per heavy atom. The van der Waals surface area contributed by atoms with E-state index in [1.54, 1.807) is 19.1 Å². The average Bonchev–Trinajstić information content (AvgIpc) is 3.15. The van der Waals surface area contributed by atoms with Gasteiger partial charge in [-0.05, 0) is 38.0 Å².